The van der Waals surface area contributed by atoms with E-state index in [0.717, 1.165) is 63.7 Å². The van der Waals surface area contributed by atoms with Crippen molar-refractivity contribution in [3.63, 3.8) is 0 Å². The lowest BCUT2D eigenvalue weighted by molar-refractivity contribution is -0.167. The Balaban J connectivity index is 4.26. The van der Waals surface area contributed by atoms with Crippen molar-refractivity contribution >= 4 is 17.9 Å². The zero-order chi connectivity index (χ0) is 44.5. The van der Waals surface area contributed by atoms with Gasteiger partial charge in [0.05, 0.1) is 0 Å². The summed E-state index contributed by atoms with van der Waals surface area (Å²) in [5.41, 5.74) is 0. The van der Waals surface area contributed by atoms with Crippen molar-refractivity contribution < 1.29 is 28.6 Å². The van der Waals surface area contributed by atoms with Crippen LogP contribution in [0.5, 0.6) is 0 Å². The maximum absolute atomic E-state index is 12.8. The first kappa shape index (κ1) is 59.4. The number of rotatable bonds is 50. The minimum Gasteiger partial charge on any atom is -0.462 e. The molecule has 0 heterocycles. The molecule has 0 aromatic rings. The maximum Gasteiger partial charge on any atom is 0.306 e. The fourth-order valence-corrected chi connectivity index (χ4v) is 8.39. The van der Waals surface area contributed by atoms with E-state index in [0.29, 0.717) is 19.3 Å². The smallest absolute Gasteiger partial charge is 0.306 e. The molecule has 61 heavy (non-hydrogen) atoms. The molecule has 0 saturated carbocycles. The lowest BCUT2D eigenvalue weighted by atomic mass is 10.0. The van der Waals surface area contributed by atoms with Gasteiger partial charge in [-0.15, -0.1) is 0 Å². The van der Waals surface area contributed by atoms with Crippen LogP contribution < -0.4 is 0 Å². The molecule has 0 N–H and O–H groups in total. The van der Waals surface area contributed by atoms with Crippen molar-refractivity contribution in [2.24, 2.45) is 5.92 Å². The molecule has 6 nitrogen and oxygen atoms in total. The van der Waals surface area contributed by atoms with Crippen LogP contribution in [0.25, 0.3) is 0 Å². The summed E-state index contributed by atoms with van der Waals surface area (Å²) in [7, 11) is 0. The highest BCUT2D eigenvalue weighted by Crippen LogP contribution is 2.17. The predicted octanol–water partition coefficient (Wildman–Crippen LogP) is 17.8. The van der Waals surface area contributed by atoms with E-state index >= 15 is 0 Å². The number of ether oxygens (including phenoxy) is 3. The second-order valence-corrected chi connectivity index (χ2v) is 19.3. The van der Waals surface area contributed by atoms with Crippen LogP contribution in [0.3, 0.4) is 0 Å². The summed E-state index contributed by atoms with van der Waals surface area (Å²) in [6.07, 6.45) is 52.3. The predicted molar refractivity (Wildman–Crippen MR) is 261 cm³/mol. The van der Waals surface area contributed by atoms with E-state index < -0.39 is 6.10 Å². The lowest BCUT2D eigenvalue weighted by Crippen LogP contribution is -2.30. The normalized spacial score (nSPS) is 12.0. The Morgan fingerprint density at radius 3 is 0.803 bits per heavy atom. The van der Waals surface area contributed by atoms with Gasteiger partial charge in [0.25, 0.3) is 0 Å². The summed E-state index contributed by atoms with van der Waals surface area (Å²) in [5, 5.41) is 0. The van der Waals surface area contributed by atoms with Gasteiger partial charge < -0.3 is 14.2 Å². The Kier molecular flexibility index (Phi) is 48.1. The molecule has 0 radical (unpaired) electrons. The Morgan fingerprint density at radius 1 is 0.311 bits per heavy atom. The molecule has 0 aliphatic heterocycles. The monoisotopic (exact) mass is 863 g/mol. The molecule has 0 fully saturated rings. The minimum atomic E-state index is -0.760. The van der Waals surface area contributed by atoms with Gasteiger partial charge in [-0.2, -0.15) is 0 Å². The number of hydrogen-bond acceptors (Lipinski definition) is 6. The molecule has 1 atom stereocenters. The van der Waals surface area contributed by atoms with Crippen LogP contribution in [0.15, 0.2) is 0 Å². The van der Waals surface area contributed by atoms with Gasteiger partial charge in [-0.25, -0.2) is 0 Å². The highest BCUT2D eigenvalue weighted by Gasteiger charge is 2.19. The van der Waals surface area contributed by atoms with E-state index in [9.17, 15) is 14.4 Å². The summed E-state index contributed by atoms with van der Waals surface area (Å²) in [6.45, 7) is 9.04. The molecular weight excluding hydrogens is 757 g/mol. The minimum absolute atomic E-state index is 0.0622. The third-order valence-electron chi connectivity index (χ3n) is 12.5. The van der Waals surface area contributed by atoms with E-state index in [1.807, 2.05) is 0 Å². The highest BCUT2D eigenvalue weighted by atomic mass is 16.6. The van der Waals surface area contributed by atoms with Gasteiger partial charge in [0.15, 0.2) is 6.10 Å². The molecule has 0 aromatic carbocycles. The Morgan fingerprint density at radius 2 is 0.541 bits per heavy atom. The number of carbonyl (C=O) groups is 3. The molecular formula is C55H106O6. The average molecular weight is 863 g/mol. The van der Waals surface area contributed by atoms with Crippen LogP contribution in [-0.2, 0) is 28.6 Å². The van der Waals surface area contributed by atoms with Crippen molar-refractivity contribution in [3.05, 3.63) is 0 Å². The Hall–Kier alpha value is -1.59. The number of unbranched alkanes of at least 4 members (excludes halogenated alkanes) is 37. The quantitative estimate of drug-likeness (QED) is 0.0344. The Bertz CT molecular complexity index is 918. The van der Waals surface area contributed by atoms with Gasteiger partial charge in [-0.3, -0.25) is 14.4 Å². The Labute approximate surface area is 380 Å². The average Bonchev–Trinajstić information content (AvgIpc) is 3.24. The third kappa shape index (κ3) is 49.3. The topological polar surface area (TPSA) is 78.9 Å². The lowest BCUT2D eigenvalue weighted by Gasteiger charge is -2.18. The maximum atomic E-state index is 12.8. The van der Waals surface area contributed by atoms with Crippen molar-refractivity contribution in [1.29, 1.82) is 0 Å². The van der Waals surface area contributed by atoms with E-state index in [1.54, 1.807) is 0 Å². The van der Waals surface area contributed by atoms with Crippen LogP contribution >= 0.6 is 0 Å². The molecule has 0 aromatic heterocycles. The van der Waals surface area contributed by atoms with E-state index in [4.69, 9.17) is 14.2 Å². The summed E-state index contributed by atoms with van der Waals surface area (Å²) in [4.78, 5) is 38.0. The fourth-order valence-electron chi connectivity index (χ4n) is 8.39. The molecule has 0 amide bonds. The molecule has 0 bridgehead atoms. The molecule has 0 rings (SSSR count). The van der Waals surface area contributed by atoms with Gasteiger partial charge in [0.2, 0.25) is 0 Å². The van der Waals surface area contributed by atoms with Gasteiger partial charge in [0.1, 0.15) is 13.2 Å². The number of esters is 3. The van der Waals surface area contributed by atoms with Crippen LogP contribution in [0.1, 0.15) is 310 Å². The van der Waals surface area contributed by atoms with Gasteiger partial charge in [-0.1, -0.05) is 272 Å². The first-order valence-corrected chi connectivity index (χ1v) is 27.4. The second-order valence-electron chi connectivity index (χ2n) is 19.3. The zero-order valence-corrected chi connectivity index (χ0v) is 41.6. The van der Waals surface area contributed by atoms with E-state index in [1.165, 1.54) is 205 Å². The molecule has 6 heteroatoms. The SMILES string of the molecule is CCCCCCCCCCCCCCCCCCC(=O)OC[C@H](COC(=O)CCCCCCCCCCCCCCCC(C)C)OC(=O)CCCCCCCCCCCCC. The largest absolute Gasteiger partial charge is 0.462 e. The first-order valence-electron chi connectivity index (χ1n) is 27.4. The molecule has 0 aliphatic carbocycles. The van der Waals surface area contributed by atoms with Crippen molar-refractivity contribution in [2.75, 3.05) is 13.2 Å². The van der Waals surface area contributed by atoms with Crippen LogP contribution in [-0.4, -0.2) is 37.2 Å². The van der Waals surface area contributed by atoms with E-state index in [2.05, 4.69) is 27.7 Å². The fraction of sp³-hybridized carbons (Fsp3) is 0.945. The van der Waals surface area contributed by atoms with Crippen LogP contribution in [0, 0.1) is 5.92 Å². The van der Waals surface area contributed by atoms with Gasteiger partial charge in [-0.05, 0) is 25.2 Å². The summed E-state index contributed by atoms with van der Waals surface area (Å²) >= 11 is 0. The first-order chi connectivity index (χ1) is 29.9. The summed E-state index contributed by atoms with van der Waals surface area (Å²) in [6, 6.07) is 0. The standard InChI is InChI=1S/C55H106O6/c1-5-7-9-11-13-15-17-18-19-20-23-27-30-34-38-42-46-53(56)59-49-52(61-55(58)48-44-40-36-32-25-16-14-12-10-8-6-2)50-60-54(57)47-43-39-35-31-28-24-21-22-26-29-33-37-41-45-51(3)4/h51-52H,5-50H2,1-4H3/t52-/m1/s1. The molecule has 0 saturated heterocycles. The summed E-state index contributed by atoms with van der Waals surface area (Å²) < 4.78 is 16.8. The highest BCUT2D eigenvalue weighted by molar-refractivity contribution is 5.71. The van der Waals surface area contributed by atoms with Crippen molar-refractivity contribution in [2.45, 2.75) is 316 Å². The van der Waals surface area contributed by atoms with Gasteiger partial charge >= 0.3 is 17.9 Å². The van der Waals surface area contributed by atoms with Crippen LogP contribution in [0.4, 0.5) is 0 Å². The van der Waals surface area contributed by atoms with Gasteiger partial charge in [0, 0.05) is 19.3 Å². The van der Waals surface area contributed by atoms with E-state index in [-0.39, 0.29) is 31.1 Å². The molecule has 362 valence electrons. The molecule has 0 aliphatic rings. The number of hydrogen-bond donors (Lipinski definition) is 0. The van der Waals surface area contributed by atoms with Crippen LogP contribution in [0.2, 0.25) is 0 Å². The number of carbonyl (C=O) groups excluding carboxylic acids is 3. The third-order valence-corrected chi connectivity index (χ3v) is 12.5. The molecule has 0 unspecified atom stereocenters. The second kappa shape index (κ2) is 49.4. The zero-order valence-electron chi connectivity index (χ0n) is 41.6. The van der Waals surface area contributed by atoms with Crippen molar-refractivity contribution in [1.82, 2.24) is 0 Å². The summed E-state index contributed by atoms with van der Waals surface area (Å²) in [5.74, 6) is -0.000515. The molecule has 0 spiro atoms. The van der Waals surface area contributed by atoms with Crippen molar-refractivity contribution in [3.8, 4) is 0 Å².